The average molecular weight is 377 g/mol. The summed E-state index contributed by atoms with van der Waals surface area (Å²) in [4.78, 5) is 7.95. The van der Waals surface area contributed by atoms with E-state index in [4.69, 9.17) is 39.5 Å². The molecule has 1 unspecified atom stereocenters. The summed E-state index contributed by atoms with van der Waals surface area (Å²) in [5.74, 6) is 1.64. The second-order valence-corrected chi connectivity index (χ2v) is 14.8. The molecular formula is C10H15Cl2N2OPS3. The molecule has 108 valence electrons. The van der Waals surface area contributed by atoms with Crippen LogP contribution in [-0.2, 0) is 22.1 Å². The van der Waals surface area contributed by atoms with E-state index in [9.17, 15) is 0 Å². The Morgan fingerprint density at radius 1 is 1.32 bits per heavy atom. The molecule has 1 rings (SSSR count). The maximum atomic E-state index is 5.85. The Hall–Kier alpha value is 0.970. The molecule has 0 saturated carbocycles. The summed E-state index contributed by atoms with van der Waals surface area (Å²) in [7, 11) is 0. The largest absolute Gasteiger partial charge is 0.334 e. The summed E-state index contributed by atoms with van der Waals surface area (Å²) in [5.41, 5.74) is 0.779. The van der Waals surface area contributed by atoms with Crippen LogP contribution >= 0.6 is 50.6 Å². The fraction of sp³-hybridized carbons (Fsp3) is 0.600. The van der Waals surface area contributed by atoms with Crippen molar-refractivity contribution in [1.29, 1.82) is 0 Å². The van der Waals surface area contributed by atoms with Gasteiger partial charge in [0.05, 0.1) is 12.3 Å². The minimum absolute atomic E-state index is 0.161. The number of nitrogens with zero attached hydrogens (tertiary/aromatic N) is 2. The summed E-state index contributed by atoms with van der Waals surface area (Å²) < 4.78 is 3.84. The number of aromatic nitrogens is 2. The number of hydrogen-bond acceptors (Lipinski definition) is 6. The Bertz CT molecular complexity index is 444. The predicted molar refractivity (Wildman–Crippen MR) is 92.0 cm³/mol. The molecule has 0 aromatic carbocycles. The van der Waals surface area contributed by atoms with Crippen molar-refractivity contribution in [2.75, 3.05) is 12.4 Å². The van der Waals surface area contributed by atoms with Crippen LogP contribution in [0.3, 0.4) is 0 Å². The molecule has 1 heterocycles. The second kappa shape index (κ2) is 9.08. The third-order valence-corrected chi connectivity index (χ3v) is 12.0. The molecule has 0 aliphatic heterocycles. The quantitative estimate of drug-likeness (QED) is 0.342. The lowest BCUT2D eigenvalue weighted by Gasteiger charge is -2.19. The van der Waals surface area contributed by atoms with Gasteiger partial charge in [0, 0.05) is 11.5 Å². The molecule has 1 aromatic heterocycles. The lowest BCUT2D eigenvalue weighted by atomic mass is 10.5. The van der Waals surface area contributed by atoms with Crippen molar-refractivity contribution in [2.24, 2.45) is 0 Å². The van der Waals surface area contributed by atoms with Gasteiger partial charge in [-0.3, -0.25) is 0 Å². The fourth-order valence-electron chi connectivity index (χ4n) is 1.13. The topological polar surface area (TPSA) is 35.0 Å². The lowest BCUT2D eigenvalue weighted by Crippen LogP contribution is -1.92. The molecule has 0 N–H and O–H groups in total. The first-order chi connectivity index (χ1) is 8.99. The first-order valence-corrected chi connectivity index (χ1v) is 12.4. The SMILES string of the molecule is CCCSP(=S)(OCC)SCc1cc(Cl)nc(Cl)n1. The Kier molecular flexibility index (Phi) is 8.61. The normalized spacial score (nSPS) is 14.3. The highest BCUT2D eigenvalue weighted by Gasteiger charge is 2.19. The van der Waals surface area contributed by atoms with Gasteiger partial charge in [-0.25, -0.2) is 9.97 Å². The van der Waals surface area contributed by atoms with Crippen LogP contribution in [-0.4, -0.2) is 22.3 Å². The van der Waals surface area contributed by atoms with Gasteiger partial charge in [0.2, 0.25) is 5.28 Å². The van der Waals surface area contributed by atoms with Gasteiger partial charge in [0.25, 0.3) is 0 Å². The monoisotopic (exact) mass is 376 g/mol. The summed E-state index contributed by atoms with van der Waals surface area (Å²) in [6.07, 6.45) is 1.09. The maximum Gasteiger partial charge on any atom is 0.224 e. The molecule has 0 aliphatic rings. The van der Waals surface area contributed by atoms with E-state index in [1.165, 1.54) is 0 Å². The van der Waals surface area contributed by atoms with Gasteiger partial charge in [0.15, 0.2) is 4.67 Å². The van der Waals surface area contributed by atoms with Crippen LogP contribution in [0.4, 0.5) is 0 Å². The molecule has 1 aromatic rings. The molecule has 1 atom stereocenters. The zero-order chi connectivity index (χ0) is 14.3. The van der Waals surface area contributed by atoms with E-state index in [0.29, 0.717) is 17.5 Å². The summed E-state index contributed by atoms with van der Waals surface area (Å²) in [5, 5.41) is 0.510. The molecule has 0 saturated heterocycles. The number of halogens is 2. The molecule has 3 nitrogen and oxygen atoms in total. The Morgan fingerprint density at radius 2 is 2.05 bits per heavy atom. The van der Waals surface area contributed by atoms with E-state index >= 15 is 0 Å². The van der Waals surface area contributed by atoms with E-state index in [2.05, 4.69) is 16.9 Å². The van der Waals surface area contributed by atoms with Crippen LogP contribution in [0.2, 0.25) is 10.4 Å². The Morgan fingerprint density at radius 3 is 2.63 bits per heavy atom. The van der Waals surface area contributed by atoms with E-state index in [0.717, 1.165) is 17.9 Å². The van der Waals surface area contributed by atoms with Gasteiger partial charge >= 0.3 is 0 Å². The molecule has 0 fully saturated rings. The van der Waals surface area contributed by atoms with Crippen molar-refractivity contribution in [3.63, 3.8) is 0 Å². The van der Waals surface area contributed by atoms with E-state index in [1.807, 2.05) is 6.92 Å². The van der Waals surface area contributed by atoms with E-state index < -0.39 is 4.67 Å². The van der Waals surface area contributed by atoms with Crippen molar-refractivity contribution in [2.45, 2.75) is 26.0 Å². The molecule has 0 bridgehead atoms. The average Bonchev–Trinajstić information content (AvgIpc) is 2.34. The van der Waals surface area contributed by atoms with Crippen molar-refractivity contribution in [3.05, 3.63) is 22.2 Å². The highest BCUT2D eigenvalue weighted by atomic mass is 35.5. The van der Waals surface area contributed by atoms with E-state index in [1.54, 1.807) is 28.8 Å². The first kappa shape index (κ1) is 18.0. The second-order valence-electron chi connectivity index (χ2n) is 3.42. The molecule has 0 spiro atoms. The number of hydrogen-bond donors (Lipinski definition) is 0. The third kappa shape index (κ3) is 6.98. The standard InChI is InChI=1S/C10H15Cl2N2OPS3/c1-3-5-18-16(17,15-4-2)19-7-8-6-9(11)14-10(12)13-8/h6H,3-5,7H2,1-2H3. The van der Waals surface area contributed by atoms with Crippen molar-refractivity contribution < 1.29 is 4.52 Å². The van der Waals surface area contributed by atoms with Crippen LogP contribution in [0.5, 0.6) is 0 Å². The van der Waals surface area contributed by atoms with Crippen LogP contribution in [0.25, 0.3) is 0 Å². The van der Waals surface area contributed by atoms with E-state index in [-0.39, 0.29) is 5.28 Å². The predicted octanol–water partition coefficient (Wildman–Crippen LogP) is 5.42. The minimum atomic E-state index is -1.91. The molecule has 0 radical (unpaired) electrons. The van der Waals surface area contributed by atoms with Crippen LogP contribution in [0.15, 0.2) is 6.07 Å². The van der Waals surface area contributed by atoms with Gasteiger partial charge in [-0.2, -0.15) is 0 Å². The summed E-state index contributed by atoms with van der Waals surface area (Å²) in [6, 6.07) is 1.70. The lowest BCUT2D eigenvalue weighted by molar-refractivity contribution is 0.393. The van der Waals surface area contributed by atoms with Gasteiger partial charge in [0.1, 0.15) is 5.15 Å². The molecule has 9 heteroatoms. The van der Waals surface area contributed by atoms with Gasteiger partial charge in [-0.05, 0) is 42.8 Å². The van der Waals surface area contributed by atoms with Crippen molar-refractivity contribution >= 4 is 62.4 Å². The number of rotatable bonds is 8. The minimum Gasteiger partial charge on any atom is -0.334 e. The van der Waals surface area contributed by atoms with Crippen molar-refractivity contribution in [1.82, 2.24) is 9.97 Å². The zero-order valence-corrected chi connectivity index (χ0v) is 15.5. The third-order valence-electron chi connectivity index (χ3n) is 1.83. The highest BCUT2D eigenvalue weighted by Crippen LogP contribution is 2.70. The van der Waals surface area contributed by atoms with Crippen molar-refractivity contribution in [3.8, 4) is 0 Å². The molecule has 0 amide bonds. The van der Waals surface area contributed by atoms with Crippen LogP contribution < -0.4 is 0 Å². The maximum absolute atomic E-state index is 5.85. The Balaban J connectivity index is 2.67. The Labute approximate surface area is 137 Å². The first-order valence-electron chi connectivity index (χ1n) is 5.71. The molecular weight excluding hydrogens is 362 g/mol. The van der Waals surface area contributed by atoms with Gasteiger partial charge in [-0.1, -0.05) is 41.3 Å². The summed E-state index contributed by atoms with van der Waals surface area (Å²) >= 11 is 20.6. The van der Waals surface area contributed by atoms with Crippen LogP contribution in [0, 0.1) is 0 Å². The smallest absolute Gasteiger partial charge is 0.224 e. The fourth-order valence-corrected chi connectivity index (χ4v) is 9.63. The molecule has 19 heavy (non-hydrogen) atoms. The van der Waals surface area contributed by atoms with Gasteiger partial charge in [-0.15, -0.1) is 0 Å². The zero-order valence-electron chi connectivity index (χ0n) is 10.6. The van der Waals surface area contributed by atoms with Crippen LogP contribution in [0.1, 0.15) is 26.0 Å². The summed E-state index contributed by atoms with van der Waals surface area (Å²) in [6.45, 7) is 4.73. The van der Waals surface area contributed by atoms with Gasteiger partial charge < -0.3 is 4.52 Å². The molecule has 0 aliphatic carbocycles. The highest BCUT2D eigenvalue weighted by molar-refractivity contribution is 8.99.